The molecule has 2 rings (SSSR count). The second-order valence-electron chi connectivity index (χ2n) is 6.65. The van der Waals surface area contributed by atoms with Gasteiger partial charge in [0.2, 0.25) is 5.91 Å². The summed E-state index contributed by atoms with van der Waals surface area (Å²) < 4.78 is 7.10. The monoisotopic (exact) mass is 427 g/mol. The summed E-state index contributed by atoms with van der Waals surface area (Å²) >= 11 is 0. The minimum absolute atomic E-state index is 0.0704. The zero-order chi connectivity index (χ0) is 22.8. The fourth-order valence-electron chi connectivity index (χ4n) is 2.84. The first-order chi connectivity index (χ1) is 14.9. The molecule has 0 atom stereocenters. The average Bonchev–Trinajstić information content (AvgIpc) is 2.75. The predicted molar refractivity (Wildman–Crippen MR) is 114 cm³/mol. The molecule has 0 saturated heterocycles. The van der Waals surface area contributed by atoms with E-state index in [-0.39, 0.29) is 56.8 Å². The smallest absolute Gasteiger partial charge is 0.332 e. The van der Waals surface area contributed by atoms with Crippen LogP contribution < -0.4 is 21.9 Å². The summed E-state index contributed by atoms with van der Waals surface area (Å²) in [5, 5.41) is 14.8. The van der Waals surface area contributed by atoms with Gasteiger partial charge in [-0.1, -0.05) is 18.2 Å². The van der Waals surface area contributed by atoms with E-state index in [1.165, 1.54) is 17.7 Å². The van der Waals surface area contributed by atoms with Crippen molar-refractivity contribution < 1.29 is 14.3 Å². The number of nitriles is 1. The molecule has 2 N–H and O–H groups in total. The minimum atomic E-state index is -0.540. The van der Waals surface area contributed by atoms with Crippen LogP contribution in [0.3, 0.4) is 0 Å². The maximum Gasteiger partial charge on any atom is 0.332 e. The Morgan fingerprint density at radius 2 is 1.90 bits per heavy atom. The van der Waals surface area contributed by atoms with Crippen molar-refractivity contribution >= 4 is 17.7 Å². The second-order valence-corrected chi connectivity index (χ2v) is 6.65. The van der Waals surface area contributed by atoms with E-state index in [0.717, 1.165) is 4.57 Å². The summed E-state index contributed by atoms with van der Waals surface area (Å²) in [5.41, 5.74) is 0.0264. The predicted octanol–water partition coefficient (Wildman–Crippen LogP) is 0.338. The molecule has 2 aromatic rings. The molecule has 0 aliphatic rings. The van der Waals surface area contributed by atoms with Crippen molar-refractivity contribution in [2.75, 3.05) is 25.0 Å². The molecule has 0 unspecified atom stereocenters. The van der Waals surface area contributed by atoms with Crippen molar-refractivity contribution in [2.45, 2.75) is 26.3 Å². The van der Waals surface area contributed by atoms with Gasteiger partial charge in [0, 0.05) is 32.6 Å². The van der Waals surface area contributed by atoms with Crippen LogP contribution in [0.15, 0.2) is 39.9 Å². The number of carbonyl (C=O) groups is 2. The van der Waals surface area contributed by atoms with E-state index in [4.69, 9.17) is 4.74 Å². The molecule has 10 nitrogen and oxygen atoms in total. The molecule has 0 bridgehead atoms. The van der Waals surface area contributed by atoms with Crippen LogP contribution in [0.25, 0.3) is 0 Å². The van der Waals surface area contributed by atoms with Gasteiger partial charge in [0.05, 0.1) is 31.2 Å². The number of aromatic nitrogens is 2. The molecule has 0 spiro atoms. The standard InChI is InChI=1S/C21H25N5O5/c1-3-31-20(29)9-11-24-18(27)8-10-23-17-12-19(28)25(2)21(30)26(17)14-16-7-5-4-6-15(16)13-22/h4-7,12,23H,3,8-11,14H2,1-2H3,(H,24,27). The van der Waals surface area contributed by atoms with Crippen molar-refractivity contribution in [3.05, 3.63) is 62.3 Å². The lowest BCUT2D eigenvalue weighted by molar-refractivity contribution is -0.143. The lowest BCUT2D eigenvalue weighted by Gasteiger charge is -2.16. The number of amides is 1. The third-order valence-corrected chi connectivity index (χ3v) is 4.48. The number of rotatable bonds is 10. The van der Waals surface area contributed by atoms with Crippen molar-refractivity contribution in [1.82, 2.24) is 14.5 Å². The molecule has 0 fully saturated rings. The Morgan fingerprint density at radius 1 is 1.16 bits per heavy atom. The molecule has 1 amide bonds. The Hall–Kier alpha value is -3.87. The number of nitrogens with zero attached hydrogens (tertiary/aromatic N) is 3. The van der Waals surface area contributed by atoms with E-state index in [2.05, 4.69) is 16.7 Å². The normalized spacial score (nSPS) is 10.2. The van der Waals surface area contributed by atoms with Crippen LogP contribution in [0.5, 0.6) is 0 Å². The number of nitrogens with one attached hydrogen (secondary N) is 2. The van der Waals surface area contributed by atoms with Crippen LogP contribution in [0, 0.1) is 11.3 Å². The number of benzene rings is 1. The molecular formula is C21H25N5O5. The van der Waals surface area contributed by atoms with Crippen LogP contribution in [-0.2, 0) is 27.9 Å². The van der Waals surface area contributed by atoms with E-state index in [1.54, 1.807) is 31.2 Å². The highest BCUT2D eigenvalue weighted by Crippen LogP contribution is 2.11. The van der Waals surface area contributed by atoms with Gasteiger partial charge in [0.1, 0.15) is 5.82 Å². The molecular weight excluding hydrogens is 402 g/mol. The lowest BCUT2D eigenvalue weighted by Crippen LogP contribution is -2.39. The Kier molecular flexibility index (Phi) is 8.57. The van der Waals surface area contributed by atoms with Crippen LogP contribution in [0.1, 0.15) is 30.9 Å². The maximum atomic E-state index is 12.6. The van der Waals surface area contributed by atoms with Crippen molar-refractivity contribution in [1.29, 1.82) is 5.26 Å². The number of carbonyl (C=O) groups excluding carboxylic acids is 2. The van der Waals surface area contributed by atoms with Gasteiger partial charge >= 0.3 is 11.7 Å². The number of esters is 1. The zero-order valence-corrected chi connectivity index (χ0v) is 17.5. The number of hydrogen-bond donors (Lipinski definition) is 2. The topological polar surface area (TPSA) is 135 Å². The van der Waals surface area contributed by atoms with Crippen molar-refractivity contribution in [2.24, 2.45) is 7.05 Å². The van der Waals surface area contributed by atoms with E-state index >= 15 is 0 Å². The van der Waals surface area contributed by atoms with Crippen LogP contribution >= 0.6 is 0 Å². The Balaban J connectivity index is 2.07. The Labute approximate surface area is 179 Å². The summed E-state index contributed by atoms with van der Waals surface area (Å²) in [5.74, 6) is -0.424. The molecule has 1 aromatic heterocycles. The fraction of sp³-hybridized carbons (Fsp3) is 0.381. The largest absolute Gasteiger partial charge is 0.466 e. The number of ether oxygens (including phenoxy) is 1. The first kappa shape index (κ1) is 23.4. The Morgan fingerprint density at radius 3 is 2.61 bits per heavy atom. The van der Waals surface area contributed by atoms with Crippen LogP contribution in [0.4, 0.5) is 5.82 Å². The Bertz CT molecular complexity index is 1100. The first-order valence-electron chi connectivity index (χ1n) is 9.82. The minimum Gasteiger partial charge on any atom is -0.466 e. The van der Waals surface area contributed by atoms with Crippen molar-refractivity contribution in [3.63, 3.8) is 0 Å². The molecule has 31 heavy (non-hydrogen) atoms. The fourth-order valence-corrected chi connectivity index (χ4v) is 2.84. The van der Waals surface area contributed by atoms with Crippen LogP contribution in [0.2, 0.25) is 0 Å². The maximum absolute atomic E-state index is 12.6. The quantitative estimate of drug-likeness (QED) is 0.522. The van der Waals surface area contributed by atoms with Gasteiger partial charge in [-0.3, -0.25) is 23.5 Å². The van der Waals surface area contributed by atoms with Crippen LogP contribution in [-0.4, -0.2) is 40.7 Å². The molecule has 1 aromatic carbocycles. The van der Waals surface area contributed by atoms with Gasteiger partial charge in [-0.25, -0.2) is 4.79 Å². The molecule has 0 saturated carbocycles. The summed E-state index contributed by atoms with van der Waals surface area (Å²) in [7, 11) is 1.37. The zero-order valence-electron chi connectivity index (χ0n) is 17.5. The first-order valence-corrected chi connectivity index (χ1v) is 9.82. The van der Waals surface area contributed by atoms with Gasteiger partial charge in [0.15, 0.2) is 0 Å². The van der Waals surface area contributed by atoms with E-state index in [9.17, 15) is 24.4 Å². The highest BCUT2D eigenvalue weighted by atomic mass is 16.5. The molecule has 0 aliphatic carbocycles. The van der Waals surface area contributed by atoms with Gasteiger partial charge in [-0.15, -0.1) is 0 Å². The molecule has 10 heteroatoms. The molecule has 164 valence electrons. The third kappa shape index (κ3) is 6.57. The van der Waals surface area contributed by atoms with E-state index in [1.807, 2.05) is 0 Å². The van der Waals surface area contributed by atoms with Gasteiger partial charge in [-0.05, 0) is 18.6 Å². The lowest BCUT2D eigenvalue weighted by atomic mass is 10.1. The SMILES string of the molecule is CCOC(=O)CCNC(=O)CCNc1cc(=O)n(C)c(=O)n1Cc1ccccc1C#N. The van der Waals surface area contributed by atoms with E-state index in [0.29, 0.717) is 11.1 Å². The summed E-state index contributed by atoms with van der Waals surface area (Å²) in [6, 6.07) is 10.2. The number of anilines is 1. The molecule has 0 radical (unpaired) electrons. The molecule has 0 aliphatic heterocycles. The van der Waals surface area contributed by atoms with Gasteiger partial charge in [-0.2, -0.15) is 5.26 Å². The number of hydrogen-bond acceptors (Lipinski definition) is 7. The molecule has 1 heterocycles. The van der Waals surface area contributed by atoms with Gasteiger partial charge < -0.3 is 15.4 Å². The summed E-state index contributed by atoms with van der Waals surface area (Å²) in [6.45, 7) is 2.41. The second kappa shape index (κ2) is 11.3. The average molecular weight is 427 g/mol. The summed E-state index contributed by atoms with van der Waals surface area (Å²) in [4.78, 5) is 48.0. The highest BCUT2D eigenvalue weighted by molar-refractivity contribution is 5.77. The van der Waals surface area contributed by atoms with Gasteiger partial charge in [0.25, 0.3) is 5.56 Å². The third-order valence-electron chi connectivity index (χ3n) is 4.48. The highest BCUT2D eigenvalue weighted by Gasteiger charge is 2.12. The summed E-state index contributed by atoms with van der Waals surface area (Å²) in [6.07, 6.45) is 0.153. The van der Waals surface area contributed by atoms with E-state index < -0.39 is 11.2 Å². The van der Waals surface area contributed by atoms with Crippen molar-refractivity contribution in [3.8, 4) is 6.07 Å².